The molecule has 334 valence electrons. The van der Waals surface area contributed by atoms with Crippen molar-refractivity contribution in [2.24, 2.45) is 0 Å². The van der Waals surface area contributed by atoms with Gasteiger partial charge in [0.05, 0.1) is 17.7 Å². The Labute approximate surface area is 397 Å². The Morgan fingerprint density at radius 3 is 1.64 bits per heavy atom. The third kappa shape index (κ3) is 8.02. The highest BCUT2D eigenvalue weighted by Gasteiger charge is 2.41. The van der Waals surface area contributed by atoms with Crippen molar-refractivity contribution in [3.05, 3.63) is 217 Å². The number of benzene rings is 7. The van der Waals surface area contributed by atoms with Crippen LogP contribution in [0.1, 0.15) is 79.0 Å². The Kier molecular flexibility index (Phi) is 10.8. The molecule has 0 saturated heterocycles. The standard InChI is InChI=1S/C62H62N5/c1-60(2,3)46-22-19-23-49(37-46)64-34-35-65(43-64)50-38-48(62(7,8)9)39-54(41-50)67(51-24-15-11-16-25-51,52-26-17-12-18-27-52)53-29-30-55-56-36-45(44-20-13-10-14-21-44)28-31-57(56)66(58(55)42-53)59-40-47(32-33-63-59)61(4,5)6/h10-42H,43H2,1-9H3/q+1. The van der Waals surface area contributed by atoms with Gasteiger partial charge in [-0.3, -0.25) is 4.57 Å². The van der Waals surface area contributed by atoms with Crippen molar-refractivity contribution in [1.82, 2.24) is 14.0 Å². The molecule has 3 heterocycles. The lowest BCUT2D eigenvalue weighted by Gasteiger charge is -2.38. The van der Waals surface area contributed by atoms with Crippen LogP contribution in [0.2, 0.25) is 0 Å². The second-order valence-electron chi connectivity index (χ2n) is 21.3. The van der Waals surface area contributed by atoms with Gasteiger partial charge in [-0.1, -0.05) is 147 Å². The number of pyridine rings is 1. The van der Waals surface area contributed by atoms with Crippen molar-refractivity contribution < 1.29 is 0 Å². The fourth-order valence-electron chi connectivity index (χ4n) is 9.77. The molecule has 0 N–H and O–H groups in total. The summed E-state index contributed by atoms with van der Waals surface area (Å²) in [5, 5.41) is 2.37. The number of hydrogen-bond donors (Lipinski definition) is 0. The molecule has 7 aromatic carbocycles. The zero-order valence-corrected chi connectivity index (χ0v) is 40.5. The summed E-state index contributed by atoms with van der Waals surface area (Å²) in [6.45, 7) is 21.3. The maximum absolute atomic E-state index is 5.12. The summed E-state index contributed by atoms with van der Waals surface area (Å²) in [5.41, 5.74) is 15.2. The average molecular weight is 877 g/mol. The third-order valence-electron chi connectivity index (χ3n) is 13.6. The SMILES string of the molecule is CC(C)(C)c1cccc(N2C=CN(c3cc(C(C)(C)C)cc([N+](c4ccccc4)(c4ccccc4)c4ccc5c6cc(-c7ccccc7)ccc6n(-c6cc(C(C)(C)C)ccn6)c5c4)c3)C2)c1. The van der Waals surface area contributed by atoms with Gasteiger partial charge in [-0.2, -0.15) is 4.48 Å². The van der Waals surface area contributed by atoms with Crippen molar-refractivity contribution in [2.45, 2.75) is 78.6 Å². The van der Waals surface area contributed by atoms with Gasteiger partial charge in [-0.05, 0) is 92.6 Å². The molecule has 9 aromatic rings. The van der Waals surface area contributed by atoms with Crippen LogP contribution in [0, 0.1) is 0 Å². The van der Waals surface area contributed by atoms with E-state index in [1.165, 1.54) is 44.3 Å². The van der Waals surface area contributed by atoms with Gasteiger partial charge in [-0.25, -0.2) is 4.98 Å². The van der Waals surface area contributed by atoms with Gasteiger partial charge >= 0.3 is 0 Å². The average Bonchev–Trinajstić information content (AvgIpc) is 3.96. The van der Waals surface area contributed by atoms with Crippen LogP contribution in [0.15, 0.2) is 201 Å². The molecule has 0 bridgehead atoms. The molecule has 0 aliphatic carbocycles. The number of hydrogen-bond acceptors (Lipinski definition) is 3. The Bertz CT molecular complexity index is 3230. The molecule has 0 saturated carbocycles. The van der Waals surface area contributed by atoms with E-state index in [0.717, 1.165) is 45.3 Å². The van der Waals surface area contributed by atoms with Crippen LogP contribution in [0.4, 0.5) is 34.1 Å². The van der Waals surface area contributed by atoms with E-state index in [9.17, 15) is 0 Å². The van der Waals surface area contributed by atoms with E-state index in [1.807, 2.05) is 6.20 Å². The van der Waals surface area contributed by atoms with E-state index in [0.29, 0.717) is 11.2 Å². The molecule has 2 aromatic heterocycles. The highest BCUT2D eigenvalue weighted by Crippen LogP contribution is 2.54. The van der Waals surface area contributed by atoms with Gasteiger partial charge in [-0.15, -0.1) is 0 Å². The highest BCUT2D eigenvalue weighted by atomic mass is 15.4. The fourth-order valence-corrected chi connectivity index (χ4v) is 9.77. The predicted molar refractivity (Wildman–Crippen MR) is 286 cm³/mol. The van der Waals surface area contributed by atoms with Crippen LogP contribution in [0.3, 0.4) is 0 Å². The molecule has 1 aliphatic rings. The van der Waals surface area contributed by atoms with E-state index < -0.39 is 0 Å². The monoisotopic (exact) mass is 876 g/mol. The zero-order chi connectivity index (χ0) is 46.7. The van der Waals surface area contributed by atoms with Gasteiger partial charge in [0.2, 0.25) is 0 Å². The highest BCUT2D eigenvalue weighted by molar-refractivity contribution is 6.11. The summed E-state index contributed by atoms with van der Waals surface area (Å²) in [7, 11) is 0. The minimum atomic E-state index is -0.144. The third-order valence-corrected chi connectivity index (χ3v) is 13.6. The number of rotatable bonds is 8. The first-order valence-corrected chi connectivity index (χ1v) is 23.7. The van der Waals surface area contributed by atoms with Crippen LogP contribution in [0.25, 0.3) is 38.8 Å². The first kappa shape index (κ1) is 43.7. The van der Waals surface area contributed by atoms with Gasteiger partial charge in [0.25, 0.3) is 0 Å². The van der Waals surface area contributed by atoms with Crippen LogP contribution in [-0.4, -0.2) is 16.2 Å². The summed E-state index contributed by atoms with van der Waals surface area (Å²) >= 11 is 0. The normalized spacial score (nSPS) is 13.6. The molecule has 0 unspecified atom stereocenters. The molecule has 5 nitrogen and oxygen atoms in total. The van der Waals surface area contributed by atoms with Crippen molar-refractivity contribution in [3.8, 4) is 16.9 Å². The molecule has 5 heteroatoms. The lowest BCUT2D eigenvalue weighted by atomic mass is 9.85. The van der Waals surface area contributed by atoms with Crippen molar-refractivity contribution in [1.29, 1.82) is 0 Å². The Morgan fingerprint density at radius 1 is 0.403 bits per heavy atom. The van der Waals surface area contributed by atoms with Gasteiger partial charge < -0.3 is 9.80 Å². The van der Waals surface area contributed by atoms with Gasteiger partial charge in [0, 0.05) is 89.3 Å². The molecule has 0 spiro atoms. The summed E-state index contributed by atoms with van der Waals surface area (Å²) < 4.78 is 2.74. The predicted octanol–water partition coefficient (Wildman–Crippen LogP) is 16.8. The molecular weight excluding hydrogens is 815 g/mol. The van der Waals surface area contributed by atoms with Crippen molar-refractivity contribution in [3.63, 3.8) is 0 Å². The summed E-state index contributed by atoms with van der Waals surface area (Å²) in [4.78, 5) is 9.87. The summed E-state index contributed by atoms with van der Waals surface area (Å²) in [5.74, 6) is 0.907. The number of nitrogens with zero attached hydrogens (tertiary/aromatic N) is 5. The minimum absolute atomic E-state index is 0.0530. The Hall–Kier alpha value is -7.21. The number of quaternary nitrogens is 1. The lowest BCUT2D eigenvalue weighted by Crippen LogP contribution is -2.34. The fraction of sp³-hybridized carbons (Fsp3) is 0.210. The number of anilines is 2. The summed E-state index contributed by atoms with van der Waals surface area (Å²) in [6, 6.07) is 67.5. The van der Waals surface area contributed by atoms with Gasteiger partial charge in [0.1, 0.15) is 22.9 Å². The molecule has 10 rings (SSSR count). The quantitative estimate of drug-likeness (QED) is 0.142. The molecule has 0 radical (unpaired) electrons. The largest absolute Gasteiger partial charge is 0.328 e. The molecule has 67 heavy (non-hydrogen) atoms. The van der Waals surface area contributed by atoms with E-state index in [1.54, 1.807) is 0 Å². The Morgan fingerprint density at radius 2 is 1.00 bits per heavy atom. The topological polar surface area (TPSA) is 24.3 Å². The van der Waals surface area contributed by atoms with Gasteiger partial charge in [0.15, 0.2) is 5.69 Å². The molecule has 0 atom stereocenters. The molecule has 1 aliphatic heterocycles. The second-order valence-corrected chi connectivity index (χ2v) is 21.3. The van der Waals surface area contributed by atoms with Crippen LogP contribution < -0.4 is 14.3 Å². The van der Waals surface area contributed by atoms with E-state index in [2.05, 4.69) is 271 Å². The smallest absolute Gasteiger partial charge is 0.150 e. The number of para-hydroxylation sites is 2. The first-order valence-electron chi connectivity index (χ1n) is 23.7. The van der Waals surface area contributed by atoms with Crippen LogP contribution in [0.5, 0.6) is 0 Å². The first-order chi connectivity index (χ1) is 32.1. The Balaban J connectivity index is 1.24. The molecule has 0 fully saturated rings. The molecule has 0 amide bonds. The molecular formula is C62H62N5+. The second kappa shape index (κ2) is 16.6. The number of aromatic nitrogens is 2. The van der Waals surface area contributed by atoms with Crippen molar-refractivity contribution in [2.75, 3.05) is 16.5 Å². The lowest BCUT2D eigenvalue weighted by molar-refractivity contribution is 0.587. The maximum atomic E-state index is 5.12. The summed E-state index contributed by atoms with van der Waals surface area (Å²) in [6.07, 6.45) is 6.43. The van der Waals surface area contributed by atoms with E-state index >= 15 is 0 Å². The van der Waals surface area contributed by atoms with E-state index in [-0.39, 0.29) is 16.2 Å². The maximum Gasteiger partial charge on any atom is 0.150 e. The number of fused-ring (bicyclic) bond motifs is 3. The zero-order valence-electron chi connectivity index (χ0n) is 40.5. The minimum Gasteiger partial charge on any atom is -0.328 e. The van der Waals surface area contributed by atoms with Crippen LogP contribution >= 0.6 is 0 Å². The van der Waals surface area contributed by atoms with E-state index in [4.69, 9.17) is 4.98 Å². The van der Waals surface area contributed by atoms with Crippen molar-refractivity contribution >= 4 is 55.9 Å². The van der Waals surface area contributed by atoms with Crippen LogP contribution in [-0.2, 0) is 16.2 Å².